The van der Waals surface area contributed by atoms with Gasteiger partial charge in [-0.3, -0.25) is 4.79 Å². The van der Waals surface area contributed by atoms with Crippen molar-refractivity contribution < 1.29 is 4.79 Å². The molecule has 0 saturated heterocycles. The van der Waals surface area contributed by atoms with E-state index < -0.39 is 0 Å². The van der Waals surface area contributed by atoms with Crippen molar-refractivity contribution in [1.82, 2.24) is 20.1 Å². The fraction of sp³-hybridized carbons (Fsp3) is 0.400. The van der Waals surface area contributed by atoms with E-state index in [1.54, 1.807) is 0 Å². The Hall–Kier alpha value is -1.82. The Morgan fingerprint density at radius 3 is 2.67 bits per heavy atom. The Morgan fingerprint density at radius 1 is 1.24 bits per heavy atom. The second-order valence-corrected chi connectivity index (χ2v) is 5.50. The van der Waals surface area contributed by atoms with E-state index in [2.05, 4.69) is 22.4 Å². The average molecular weight is 304 g/mol. The van der Waals surface area contributed by atoms with Crippen LogP contribution in [0.25, 0.3) is 11.4 Å². The summed E-state index contributed by atoms with van der Waals surface area (Å²) in [4.78, 5) is 11.7. The fourth-order valence-electron chi connectivity index (χ4n) is 1.93. The van der Waals surface area contributed by atoms with Crippen LogP contribution in [-0.4, -0.2) is 33.0 Å². The van der Waals surface area contributed by atoms with Crippen LogP contribution in [0.15, 0.2) is 35.5 Å². The molecule has 0 fully saturated rings. The summed E-state index contributed by atoms with van der Waals surface area (Å²) in [6.45, 7) is 5.58. The first kappa shape index (κ1) is 15.6. The number of benzene rings is 1. The molecule has 1 aromatic carbocycles. The Kier molecular flexibility index (Phi) is 5.80. The van der Waals surface area contributed by atoms with Gasteiger partial charge < -0.3 is 9.88 Å². The number of nitrogens with one attached hydrogen (secondary N) is 1. The summed E-state index contributed by atoms with van der Waals surface area (Å²) in [7, 11) is 0. The third-order valence-corrected chi connectivity index (χ3v) is 3.94. The molecule has 5 nitrogen and oxygen atoms in total. The molecule has 2 aromatic rings. The standard InChI is InChI=1S/C15H20N4OS/c1-3-10-16-13(20)11-21-15-18-17-14(19(15)4-2)12-8-6-5-7-9-12/h5-9H,3-4,10-11H2,1-2H3,(H,16,20). The van der Waals surface area contributed by atoms with E-state index in [1.807, 2.05) is 41.8 Å². The maximum atomic E-state index is 11.7. The van der Waals surface area contributed by atoms with Gasteiger partial charge in [-0.1, -0.05) is 49.0 Å². The van der Waals surface area contributed by atoms with Gasteiger partial charge in [0.25, 0.3) is 0 Å². The Balaban J connectivity index is 2.08. The van der Waals surface area contributed by atoms with Crippen LogP contribution in [-0.2, 0) is 11.3 Å². The smallest absolute Gasteiger partial charge is 0.230 e. The van der Waals surface area contributed by atoms with Gasteiger partial charge in [-0.25, -0.2) is 0 Å². The van der Waals surface area contributed by atoms with Gasteiger partial charge in [-0.05, 0) is 13.3 Å². The first-order valence-corrected chi connectivity index (χ1v) is 8.13. The summed E-state index contributed by atoms with van der Waals surface area (Å²) in [5.41, 5.74) is 1.04. The molecule has 2 rings (SSSR count). The number of carbonyl (C=O) groups is 1. The zero-order chi connectivity index (χ0) is 15.1. The lowest BCUT2D eigenvalue weighted by Gasteiger charge is -2.07. The highest BCUT2D eigenvalue weighted by molar-refractivity contribution is 7.99. The molecule has 0 radical (unpaired) electrons. The molecule has 0 aliphatic rings. The molecule has 1 heterocycles. The predicted molar refractivity (Wildman–Crippen MR) is 85.2 cm³/mol. The number of rotatable bonds is 7. The van der Waals surface area contributed by atoms with Crippen LogP contribution in [0.5, 0.6) is 0 Å². The van der Waals surface area contributed by atoms with Crippen molar-refractivity contribution in [2.45, 2.75) is 32.0 Å². The van der Waals surface area contributed by atoms with Gasteiger partial charge in [0, 0.05) is 18.7 Å². The molecule has 6 heteroatoms. The SMILES string of the molecule is CCCNC(=O)CSc1nnc(-c2ccccc2)n1CC. The largest absolute Gasteiger partial charge is 0.355 e. The quantitative estimate of drug-likeness (QED) is 0.799. The molecule has 1 N–H and O–H groups in total. The van der Waals surface area contributed by atoms with Crippen LogP contribution in [0, 0.1) is 0 Å². The minimum atomic E-state index is 0.0359. The molecule has 112 valence electrons. The highest BCUT2D eigenvalue weighted by Gasteiger charge is 2.14. The van der Waals surface area contributed by atoms with E-state index in [9.17, 15) is 4.79 Å². The van der Waals surface area contributed by atoms with Crippen molar-refractivity contribution >= 4 is 17.7 Å². The number of thioether (sulfide) groups is 1. The fourth-order valence-corrected chi connectivity index (χ4v) is 2.76. The van der Waals surface area contributed by atoms with Crippen LogP contribution in [0.1, 0.15) is 20.3 Å². The van der Waals surface area contributed by atoms with Gasteiger partial charge in [0.05, 0.1) is 5.75 Å². The maximum absolute atomic E-state index is 11.7. The van der Waals surface area contributed by atoms with Crippen molar-refractivity contribution in [3.63, 3.8) is 0 Å². The monoisotopic (exact) mass is 304 g/mol. The zero-order valence-electron chi connectivity index (χ0n) is 12.4. The van der Waals surface area contributed by atoms with Crippen molar-refractivity contribution in [3.8, 4) is 11.4 Å². The van der Waals surface area contributed by atoms with Crippen molar-refractivity contribution in [3.05, 3.63) is 30.3 Å². The average Bonchev–Trinajstić information content (AvgIpc) is 2.94. The van der Waals surface area contributed by atoms with Crippen molar-refractivity contribution in [2.24, 2.45) is 0 Å². The van der Waals surface area contributed by atoms with E-state index in [-0.39, 0.29) is 5.91 Å². The van der Waals surface area contributed by atoms with Crippen LogP contribution in [0.3, 0.4) is 0 Å². The zero-order valence-corrected chi connectivity index (χ0v) is 13.2. The topological polar surface area (TPSA) is 59.8 Å². The summed E-state index contributed by atoms with van der Waals surface area (Å²) in [5, 5.41) is 12.1. The predicted octanol–water partition coefficient (Wildman–Crippen LogP) is 2.58. The highest BCUT2D eigenvalue weighted by atomic mass is 32.2. The number of amides is 1. The molecule has 21 heavy (non-hydrogen) atoms. The maximum Gasteiger partial charge on any atom is 0.230 e. The lowest BCUT2D eigenvalue weighted by atomic mass is 10.2. The third kappa shape index (κ3) is 4.07. The normalized spacial score (nSPS) is 10.6. The lowest BCUT2D eigenvalue weighted by Crippen LogP contribution is -2.25. The van der Waals surface area contributed by atoms with Gasteiger partial charge in [-0.15, -0.1) is 10.2 Å². The summed E-state index contributed by atoms with van der Waals surface area (Å²) in [6.07, 6.45) is 0.944. The first-order valence-electron chi connectivity index (χ1n) is 7.14. The number of aromatic nitrogens is 3. The number of hydrogen-bond donors (Lipinski definition) is 1. The molecule has 0 saturated carbocycles. The Labute approximate surface area is 129 Å². The Morgan fingerprint density at radius 2 is 2.00 bits per heavy atom. The molecular weight excluding hydrogens is 284 g/mol. The number of nitrogens with zero attached hydrogens (tertiary/aromatic N) is 3. The third-order valence-electron chi connectivity index (χ3n) is 2.97. The molecule has 1 aromatic heterocycles. The number of hydrogen-bond acceptors (Lipinski definition) is 4. The molecule has 0 unspecified atom stereocenters. The first-order chi connectivity index (χ1) is 10.3. The summed E-state index contributed by atoms with van der Waals surface area (Å²) in [5.74, 6) is 1.25. The van der Waals surface area contributed by atoms with Gasteiger partial charge in [0.1, 0.15) is 0 Å². The van der Waals surface area contributed by atoms with Gasteiger partial charge >= 0.3 is 0 Å². The van der Waals surface area contributed by atoms with Gasteiger partial charge in [0.2, 0.25) is 5.91 Å². The molecular formula is C15H20N4OS. The van der Waals surface area contributed by atoms with Gasteiger partial charge in [0.15, 0.2) is 11.0 Å². The molecule has 1 amide bonds. The second-order valence-electron chi connectivity index (χ2n) is 4.56. The van der Waals surface area contributed by atoms with Crippen molar-refractivity contribution in [2.75, 3.05) is 12.3 Å². The van der Waals surface area contributed by atoms with Crippen LogP contribution < -0.4 is 5.32 Å². The number of carbonyl (C=O) groups excluding carboxylic acids is 1. The summed E-state index contributed by atoms with van der Waals surface area (Å²) in [6, 6.07) is 9.96. The molecule has 0 aliphatic heterocycles. The van der Waals surface area contributed by atoms with Crippen LogP contribution in [0.2, 0.25) is 0 Å². The van der Waals surface area contributed by atoms with Gasteiger partial charge in [-0.2, -0.15) is 0 Å². The summed E-state index contributed by atoms with van der Waals surface area (Å²) >= 11 is 1.42. The van der Waals surface area contributed by atoms with E-state index in [0.717, 1.165) is 36.1 Å². The second kappa shape index (κ2) is 7.83. The minimum Gasteiger partial charge on any atom is -0.355 e. The molecule has 0 bridgehead atoms. The molecule has 0 aliphatic carbocycles. The Bertz CT molecular complexity index is 583. The van der Waals surface area contributed by atoms with Crippen molar-refractivity contribution in [1.29, 1.82) is 0 Å². The van der Waals surface area contributed by atoms with Crippen LogP contribution in [0.4, 0.5) is 0 Å². The van der Waals surface area contributed by atoms with E-state index >= 15 is 0 Å². The molecule has 0 atom stereocenters. The highest BCUT2D eigenvalue weighted by Crippen LogP contribution is 2.23. The molecule has 0 spiro atoms. The van der Waals surface area contributed by atoms with Crippen LogP contribution >= 0.6 is 11.8 Å². The van der Waals surface area contributed by atoms with E-state index in [4.69, 9.17) is 0 Å². The van der Waals surface area contributed by atoms with E-state index in [1.165, 1.54) is 11.8 Å². The summed E-state index contributed by atoms with van der Waals surface area (Å²) < 4.78 is 2.03. The lowest BCUT2D eigenvalue weighted by molar-refractivity contribution is -0.118. The minimum absolute atomic E-state index is 0.0359. The van der Waals surface area contributed by atoms with E-state index in [0.29, 0.717) is 5.75 Å².